The minimum absolute atomic E-state index is 0.107. The molecule has 5 heteroatoms. The van der Waals surface area contributed by atoms with Crippen LogP contribution in [-0.4, -0.2) is 25.8 Å². The van der Waals surface area contributed by atoms with Gasteiger partial charge in [-0.1, -0.05) is 6.07 Å². The normalized spacial score (nSPS) is 24.5. The average molecular weight is 262 g/mol. The van der Waals surface area contributed by atoms with E-state index in [-0.39, 0.29) is 18.1 Å². The van der Waals surface area contributed by atoms with Crippen molar-refractivity contribution in [3.63, 3.8) is 0 Å². The van der Waals surface area contributed by atoms with Gasteiger partial charge in [0.2, 0.25) is 12.7 Å². The molecule has 2 aliphatic rings. The van der Waals surface area contributed by atoms with Crippen molar-refractivity contribution >= 4 is 5.91 Å². The van der Waals surface area contributed by atoms with Gasteiger partial charge in [-0.25, -0.2) is 0 Å². The van der Waals surface area contributed by atoms with Crippen LogP contribution in [0.3, 0.4) is 0 Å². The van der Waals surface area contributed by atoms with E-state index in [2.05, 4.69) is 10.6 Å². The molecule has 0 bridgehead atoms. The van der Waals surface area contributed by atoms with Gasteiger partial charge < -0.3 is 20.1 Å². The lowest BCUT2D eigenvalue weighted by Gasteiger charge is -2.21. The Kier molecular flexibility index (Phi) is 3.06. The summed E-state index contributed by atoms with van der Waals surface area (Å²) in [5.74, 6) is 1.62. The Morgan fingerprint density at radius 2 is 2.26 bits per heavy atom. The van der Waals surface area contributed by atoms with E-state index < -0.39 is 0 Å². The monoisotopic (exact) mass is 262 g/mol. The summed E-state index contributed by atoms with van der Waals surface area (Å²) >= 11 is 0. The molecular weight excluding hydrogens is 244 g/mol. The smallest absolute Gasteiger partial charge is 0.231 e. The largest absolute Gasteiger partial charge is 0.454 e. The van der Waals surface area contributed by atoms with Gasteiger partial charge >= 0.3 is 0 Å². The molecule has 3 rings (SSSR count). The van der Waals surface area contributed by atoms with Gasteiger partial charge in [0.1, 0.15) is 0 Å². The van der Waals surface area contributed by atoms with Crippen LogP contribution in [0.4, 0.5) is 0 Å². The van der Waals surface area contributed by atoms with Gasteiger partial charge in [-0.3, -0.25) is 4.79 Å². The molecule has 2 aliphatic heterocycles. The zero-order valence-corrected chi connectivity index (χ0v) is 11.0. The Balaban J connectivity index is 1.61. The van der Waals surface area contributed by atoms with Crippen LogP contribution in [-0.2, 0) is 11.3 Å². The number of rotatable bonds is 3. The van der Waals surface area contributed by atoms with Crippen molar-refractivity contribution < 1.29 is 14.3 Å². The Labute approximate surface area is 112 Å². The van der Waals surface area contributed by atoms with Gasteiger partial charge in [0.15, 0.2) is 11.5 Å². The minimum Gasteiger partial charge on any atom is -0.454 e. The zero-order valence-electron chi connectivity index (χ0n) is 11.0. The van der Waals surface area contributed by atoms with Crippen molar-refractivity contribution in [1.29, 1.82) is 0 Å². The second-order valence-corrected chi connectivity index (χ2v) is 5.36. The molecule has 1 atom stereocenters. The molecule has 1 amide bonds. The second kappa shape index (κ2) is 4.74. The standard InChI is InChI=1S/C14H18N2O3/c1-14(4-5-15-8-14)13(17)16-7-10-2-3-11-12(6-10)19-9-18-11/h2-3,6,15H,4-5,7-9H2,1H3,(H,16,17). The summed E-state index contributed by atoms with van der Waals surface area (Å²) in [4.78, 5) is 12.2. The second-order valence-electron chi connectivity index (χ2n) is 5.36. The van der Waals surface area contributed by atoms with E-state index in [0.717, 1.165) is 36.6 Å². The molecule has 0 saturated carbocycles. The third kappa shape index (κ3) is 2.38. The Morgan fingerprint density at radius 1 is 1.42 bits per heavy atom. The summed E-state index contributed by atoms with van der Waals surface area (Å²) in [5.41, 5.74) is 0.739. The van der Waals surface area contributed by atoms with Crippen LogP contribution in [0.5, 0.6) is 11.5 Å². The summed E-state index contributed by atoms with van der Waals surface area (Å²) in [6, 6.07) is 5.74. The number of carbonyl (C=O) groups is 1. The van der Waals surface area contributed by atoms with Gasteiger partial charge in [0, 0.05) is 13.1 Å². The van der Waals surface area contributed by atoms with Crippen LogP contribution >= 0.6 is 0 Å². The van der Waals surface area contributed by atoms with Gasteiger partial charge in [-0.15, -0.1) is 0 Å². The first-order valence-electron chi connectivity index (χ1n) is 6.55. The topological polar surface area (TPSA) is 59.6 Å². The first-order valence-corrected chi connectivity index (χ1v) is 6.55. The quantitative estimate of drug-likeness (QED) is 0.854. The highest BCUT2D eigenvalue weighted by Crippen LogP contribution is 2.32. The molecule has 0 spiro atoms. The number of nitrogens with one attached hydrogen (secondary N) is 2. The highest BCUT2D eigenvalue weighted by molar-refractivity contribution is 5.82. The highest BCUT2D eigenvalue weighted by atomic mass is 16.7. The molecule has 2 heterocycles. The number of carbonyl (C=O) groups excluding carboxylic acids is 1. The SMILES string of the molecule is CC1(C(=O)NCc2ccc3c(c2)OCO3)CCNC1. The van der Waals surface area contributed by atoms with E-state index in [4.69, 9.17) is 9.47 Å². The molecule has 1 saturated heterocycles. The summed E-state index contributed by atoms with van der Waals surface area (Å²) in [7, 11) is 0. The Hall–Kier alpha value is -1.75. The number of amides is 1. The zero-order chi connectivity index (χ0) is 13.3. The molecule has 1 unspecified atom stereocenters. The third-order valence-corrected chi connectivity index (χ3v) is 3.81. The maximum atomic E-state index is 12.2. The van der Waals surface area contributed by atoms with E-state index >= 15 is 0 Å². The minimum atomic E-state index is -0.281. The van der Waals surface area contributed by atoms with Crippen molar-refractivity contribution in [2.45, 2.75) is 19.9 Å². The van der Waals surface area contributed by atoms with Gasteiger partial charge in [-0.2, -0.15) is 0 Å². The average Bonchev–Trinajstić information content (AvgIpc) is 3.04. The number of hydrogen-bond donors (Lipinski definition) is 2. The van der Waals surface area contributed by atoms with Gasteiger partial charge in [-0.05, 0) is 37.6 Å². The molecule has 19 heavy (non-hydrogen) atoms. The number of ether oxygens (including phenoxy) is 2. The van der Waals surface area contributed by atoms with Crippen LogP contribution in [0.1, 0.15) is 18.9 Å². The molecule has 0 aromatic heterocycles. The molecule has 1 aromatic carbocycles. The van der Waals surface area contributed by atoms with Crippen molar-refractivity contribution in [3.05, 3.63) is 23.8 Å². The van der Waals surface area contributed by atoms with Crippen molar-refractivity contribution in [3.8, 4) is 11.5 Å². The van der Waals surface area contributed by atoms with E-state index in [1.165, 1.54) is 0 Å². The molecule has 5 nitrogen and oxygen atoms in total. The van der Waals surface area contributed by atoms with E-state index in [9.17, 15) is 4.79 Å². The molecular formula is C14H18N2O3. The van der Waals surface area contributed by atoms with Crippen molar-refractivity contribution in [2.24, 2.45) is 5.41 Å². The first kappa shape index (κ1) is 12.3. The van der Waals surface area contributed by atoms with Crippen LogP contribution in [0.15, 0.2) is 18.2 Å². The fourth-order valence-electron chi connectivity index (χ4n) is 2.46. The molecule has 2 N–H and O–H groups in total. The summed E-state index contributed by atoms with van der Waals surface area (Å²) < 4.78 is 10.6. The lowest BCUT2D eigenvalue weighted by Crippen LogP contribution is -2.39. The highest BCUT2D eigenvalue weighted by Gasteiger charge is 2.35. The lowest BCUT2D eigenvalue weighted by atomic mass is 9.89. The summed E-state index contributed by atoms with van der Waals surface area (Å²) in [6.07, 6.45) is 0.889. The molecule has 0 aliphatic carbocycles. The maximum Gasteiger partial charge on any atom is 0.231 e. The van der Waals surface area contributed by atoms with Crippen molar-refractivity contribution in [2.75, 3.05) is 19.9 Å². The third-order valence-electron chi connectivity index (χ3n) is 3.81. The predicted molar refractivity (Wildman–Crippen MR) is 70.0 cm³/mol. The van der Waals surface area contributed by atoms with Crippen LogP contribution in [0.2, 0.25) is 0 Å². The number of benzene rings is 1. The van der Waals surface area contributed by atoms with Crippen molar-refractivity contribution in [1.82, 2.24) is 10.6 Å². The predicted octanol–water partition coefficient (Wildman–Crippen LogP) is 1.03. The van der Waals surface area contributed by atoms with Crippen LogP contribution in [0.25, 0.3) is 0 Å². The van der Waals surface area contributed by atoms with Gasteiger partial charge in [0.25, 0.3) is 0 Å². The van der Waals surface area contributed by atoms with Crippen LogP contribution < -0.4 is 20.1 Å². The summed E-state index contributed by atoms with van der Waals surface area (Å²) in [6.45, 7) is 4.45. The Morgan fingerprint density at radius 3 is 3.05 bits per heavy atom. The molecule has 102 valence electrons. The van der Waals surface area contributed by atoms with Gasteiger partial charge in [0.05, 0.1) is 5.41 Å². The van der Waals surface area contributed by atoms with E-state index in [1.54, 1.807) is 0 Å². The maximum absolute atomic E-state index is 12.2. The first-order chi connectivity index (χ1) is 9.17. The molecule has 1 fully saturated rings. The fourth-order valence-corrected chi connectivity index (χ4v) is 2.46. The number of hydrogen-bond acceptors (Lipinski definition) is 4. The summed E-state index contributed by atoms with van der Waals surface area (Å²) in [5, 5.41) is 6.23. The lowest BCUT2D eigenvalue weighted by molar-refractivity contribution is -0.129. The van der Waals surface area contributed by atoms with E-state index in [0.29, 0.717) is 6.54 Å². The molecule has 1 aromatic rings. The van der Waals surface area contributed by atoms with E-state index in [1.807, 2.05) is 25.1 Å². The fraction of sp³-hybridized carbons (Fsp3) is 0.500. The van der Waals surface area contributed by atoms with Crippen LogP contribution in [0, 0.1) is 5.41 Å². The Bertz CT molecular complexity index is 495. The molecule has 0 radical (unpaired) electrons. The number of fused-ring (bicyclic) bond motifs is 1.